The van der Waals surface area contributed by atoms with Gasteiger partial charge in [-0.15, -0.1) is 0 Å². The summed E-state index contributed by atoms with van der Waals surface area (Å²) in [6.45, 7) is 0. The number of carbonyl (C=O) groups excluding carboxylic acids is 3. The number of hydrogen-bond acceptors (Lipinski definition) is 5. The quantitative estimate of drug-likeness (QED) is 0.186. The predicted molar refractivity (Wildman–Crippen MR) is 157 cm³/mol. The van der Waals surface area contributed by atoms with Crippen molar-refractivity contribution in [3.63, 3.8) is 0 Å². The van der Waals surface area contributed by atoms with E-state index in [1.165, 1.54) is 19.2 Å². The second-order valence-electron chi connectivity index (χ2n) is 10.6. The van der Waals surface area contributed by atoms with Crippen molar-refractivity contribution in [1.82, 2.24) is 0 Å². The van der Waals surface area contributed by atoms with Crippen molar-refractivity contribution in [2.24, 2.45) is 5.41 Å². The van der Waals surface area contributed by atoms with Crippen molar-refractivity contribution < 1.29 is 23.5 Å². The number of methoxy groups -OCH3 is 1. The number of rotatable bonds is 4. The third-order valence-corrected chi connectivity index (χ3v) is 9.15. The lowest BCUT2D eigenvalue weighted by Gasteiger charge is -2.37. The van der Waals surface area contributed by atoms with Crippen LogP contribution in [-0.2, 0) is 0 Å². The van der Waals surface area contributed by atoms with E-state index in [1.807, 2.05) is 29.2 Å². The zero-order valence-electron chi connectivity index (χ0n) is 21.9. The fourth-order valence-corrected chi connectivity index (χ4v) is 7.20. The molecule has 7 heteroatoms. The van der Waals surface area contributed by atoms with E-state index in [0.29, 0.717) is 39.3 Å². The highest BCUT2D eigenvalue weighted by molar-refractivity contribution is 9.10. The Hall–Kier alpha value is -4.36. The standard InChI is InChI=1S/C34H23BrFNO4/c1-41-24-6-4-5-21(18-24)31(38)30-29(19-9-12-22(35)13-10-19)34(32(39)25-7-2-3-8-26(25)33(34)40)28-16-11-20-17-23(36)14-15-27(20)37(28)30/h2-18,28-30H,1H3/t28-,29+,30+/m1/s1. The molecule has 0 amide bonds. The Bertz CT molecular complexity index is 1760. The summed E-state index contributed by atoms with van der Waals surface area (Å²) in [5.41, 5.74) is 1.35. The SMILES string of the molecule is COc1cccc(C(=O)[C@@H]2[C@H](c3ccc(Br)cc3)C3(C(=O)c4ccccc4C3=O)[C@H]3C=Cc4cc(F)ccc4N23)c1. The van der Waals surface area contributed by atoms with Gasteiger partial charge in [-0.2, -0.15) is 0 Å². The van der Waals surface area contributed by atoms with Crippen LogP contribution in [0.4, 0.5) is 10.1 Å². The summed E-state index contributed by atoms with van der Waals surface area (Å²) in [7, 11) is 1.53. The first-order valence-electron chi connectivity index (χ1n) is 13.2. The smallest absolute Gasteiger partial charge is 0.186 e. The largest absolute Gasteiger partial charge is 0.497 e. The number of halogens is 2. The van der Waals surface area contributed by atoms with Gasteiger partial charge in [-0.3, -0.25) is 14.4 Å². The maximum absolute atomic E-state index is 14.7. The van der Waals surface area contributed by atoms with E-state index < -0.39 is 29.2 Å². The monoisotopic (exact) mass is 607 g/mol. The number of ether oxygens (including phenoxy) is 1. The van der Waals surface area contributed by atoms with Gasteiger partial charge in [0, 0.05) is 38.3 Å². The molecule has 4 aromatic carbocycles. The lowest BCUT2D eigenvalue weighted by Crippen LogP contribution is -2.48. The third-order valence-electron chi connectivity index (χ3n) is 8.62. The highest BCUT2D eigenvalue weighted by atomic mass is 79.9. The molecule has 5 nitrogen and oxygen atoms in total. The Labute approximate surface area is 244 Å². The van der Waals surface area contributed by atoms with E-state index in [-0.39, 0.29) is 17.3 Å². The Morgan fingerprint density at radius 2 is 1.61 bits per heavy atom. The highest BCUT2D eigenvalue weighted by Gasteiger charge is 2.71. The zero-order valence-corrected chi connectivity index (χ0v) is 23.5. The molecule has 4 aromatic rings. The highest BCUT2D eigenvalue weighted by Crippen LogP contribution is 2.61. The third kappa shape index (κ3) is 3.55. The van der Waals surface area contributed by atoms with Gasteiger partial charge in [0.1, 0.15) is 23.0 Å². The number of anilines is 1. The van der Waals surface area contributed by atoms with Crippen LogP contribution >= 0.6 is 15.9 Å². The van der Waals surface area contributed by atoms with Crippen LogP contribution in [0.15, 0.2) is 102 Å². The number of nitrogens with zero attached hydrogens (tertiary/aromatic N) is 1. The van der Waals surface area contributed by atoms with Crippen LogP contribution in [0.3, 0.4) is 0 Å². The molecule has 0 bridgehead atoms. The van der Waals surface area contributed by atoms with Crippen LogP contribution in [-0.4, -0.2) is 36.5 Å². The molecule has 0 N–H and O–H groups in total. The molecule has 1 saturated heterocycles. The van der Waals surface area contributed by atoms with Gasteiger partial charge in [-0.1, -0.05) is 76.6 Å². The van der Waals surface area contributed by atoms with Gasteiger partial charge in [0.25, 0.3) is 0 Å². The van der Waals surface area contributed by atoms with Gasteiger partial charge in [-0.05, 0) is 48.0 Å². The minimum atomic E-state index is -1.61. The molecule has 1 fully saturated rings. The first-order chi connectivity index (χ1) is 19.9. The minimum absolute atomic E-state index is 0.263. The van der Waals surface area contributed by atoms with Crippen molar-refractivity contribution in [3.05, 3.63) is 135 Å². The van der Waals surface area contributed by atoms with Crippen LogP contribution in [0.2, 0.25) is 0 Å². The van der Waals surface area contributed by atoms with Crippen molar-refractivity contribution >= 4 is 45.0 Å². The summed E-state index contributed by atoms with van der Waals surface area (Å²) in [6.07, 6.45) is 3.54. The number of hydrogen-bond donors (Lipinski definition) is 0. The zero-order chi connectivity index (χ0) is 28.5. The molecule has 41 heavy (non-hydrogen) atoms. The van der Waals surface area contributed by atoms with Gasteiger partial charge in [0.05, 0.1) is 13.2 Å². The molecule has 0 saturated carbocycles. The molecule has 1 aliphatic carbocycles. The molecule has 1 spiro atoms. The summed E-state index contributed by atoms with van der Waals surface area (Å²) < 4.78 is 20.6. The van der Waals surface area contributed by atoms with Crippen molar-refractivity contribution in [3.8, 4) is 5.75 Å². The lowest BCUT2D eigenvalue weighted by molar-refractivity contribution is 0.0666. The van der Waals surface area contributed by atoms with Crippen LogP contribution in [0.1, 0.15) is 48.1 Å². The Morgan fingerprint density at radius 1 is 0.902 bits per heavy atom. The number of benzene rings is 4. The molecule has 0 aromatic heterocycles. The molecular formula is C34H23BrFNO4. The molecule has 0 unspecified atom stereocenters. The van der Waals surface area contributed by atoms with Crippen LogP contribution in [0.25, 0.3) is 6.08 Å². The van der Waals surface area contributed by atoms with Gasteiger partial charge in [0.2, 0.25) is 0 Å². The van der Waals surface area contributed by atoms with E-state index in [1.54, 1.807) is 66.7 Å². The van der Waals surface area contributed by atoms with Crippen molar-refractivity contribution in [2.75, 3.05) is 12.0 Å². The molecule has 2 heterocycles. The first kappa shape index (κ1) is 25.6. The Morgan fingerprint density at radius 3 is 2.29 bits per heavy atom. The maximum atomic E-state index is 14.7. The maximum Gasteiger partial charge on any atom is 0.186 e. The molecular weight excluding hydrogens is 585 g/mol. The Kier molecular flexibility index (Phi) is 5.84. The summed E-state index contributed by atoms with van der Waals surface area (Å²) in [5.74, 6) is -1.62. The van der Waals surface area contributed by atoms with Gasteiger partial charge >= 0.3 is 0 Å². The summed E-state index contributed by atoms with van der Waals surface area (Å²) >= 11 is 3.49. The van der Waals surface area contributed by atoms with Gasteiger partial charge in [0.15, 0.2) is 17.3 Å². The second kappa shape index (κ2) is 9.35. The Balaban J connectivity index is 1.54. The molecule has 3 aliphatic rings. The van der Waals surface area contributed by atoms with E-state index in [9.17, 15) is 18.8 Å². The normalized spacial score (nSPS) is 21.5. The van der Waals surface area contributed by atoms with Crippen LogP contribution < -0.4 is 9.64 Å². The van der Waals surface area contributed by atoms with E-state index in [2.05, 4.69) is 15.9 Å². The molecule has 202 valence electrons. The molecule has 2 aliphatic heterocycles. The fraction of sp³-hybridized carbons (Fsp3) is 0.147. The first-order valence-corrected chi connectivity index (χ1v) is 14.0. The summed E-state index contributed by atoms with van der Waals surface area (Å²) in [5, 5.41) is 0. The van der Waals surface area contributed by atoms with Gasteiger partial charge in [-0.25, -0.2) is 4.39 Å². The summed E-state index contributed by atoms with van der Waals surface area (Å²) in [6, 6.07) is 23.8. The summed E-state index contributed by atoms with van der Waals surface area (Å²) in [4.78, 5) is 45.8. The molecule has 0 radical (unpaired) electrons. The molecule has 3 atom stereocenters. The van der Waals surface area contributed by atoms with E-state index >= 15 is 0 Å². The second-order valence-corrected chi connectivity index (χ2v) is 11.5. The molecule has 7 rings (SSSR count). The van der Waals surface area contributed by atoms with Crippen molar-refractivity contribution in [1.29, 1.82) is 0 Å². The van der Waals surface area contributed by atoms with Crippen LogP contribution in [0, 0.1) is 11.2 Å². The average molecular weight is 608 g/mol. The number of ketones is 3. The van der Waals surface area contributed by atoms with Crippen molar-refractivity contribution in [2.45, 2.75) is 18.0 Å². The topological polar surface area (TPSA) is 63.7 Å². The lowest BCUT2D eigenvalue weighted by atomic mass is 9.64. The minimum Gasteiger partial charge on any atom is -0.497 e. The fourth-order valence-electron chi connectivity index (χ4n) is 6.94. The van der Waals surface area contributed by atoms with E-state index in [0.717, 1.165) is 4.47 Å². The number of Topliss-reactive ketones (excluding diaryl/α,β-unsaturated/α-hetero) is 3. The average Bonchev–Trinajstić information content (AvgIpc) is 3.43. The predicted octanol–water partition coefficient (Wildman–Crippen LogP) is 6.91. The van der Waals surface area contributed by atoms with Gasteiger partial charge < -0.3 is 9.64 Å². The van der Waals surface area contributed by atoms with Crippen LogP contribution in [0.5, 0.6) is 5.75 Å². The number of fused-ring (bicyclic) bond motifs is 5. The van der Waals surface area contributed by atoms with E-state index in [4.69, 9.17) is 4.74 Å². The number of carbonyl (C=O) groups is 3.